The van der Waals surface area contributed by atoms with E-state index in [0.717, 1.165) is 36.7 Å². The molecular formula is C28H29ClFN5O2. The van der Waals surface area contributed by atoms with Crippen LogP contribution >= 0.6 is 11.6 Å². The molecule has 0 unspecified atom stereocenters. The van der Waals surface area contributed by atoms with Crippen LogP contribution in [0.4, 0.5) is 4.39 Å². The first-order chi connectivity index (χ1) is 17.9. The standard InChI is InChI=1S/C28H29ClFN5O2/c1-3-24-23(30)13-21(15-32-24)35-26-7-5-4-6-25(26)34(28(35)37)16-18-8-10-20(11-9-18)33-27(36)22-12-19(29)14-31-17(22)2/h4-7,12-15,18,20H,3,8-11,16H2,1-2H3,(H,33,36). The molecule has 5 rings (SSSR count). The highest BCUT2D eigenvalue weighted by Gasteiger charge is 2.26. The molecule has 37 heavy (non-hydrogen) atoms. The van der Waals surface area contributed by atoms with Crippen molar-refractivity contribution in [1.82, 2.24) is 24.4 Å². The van der Waals surface area contributed by atoms with Crippen molar-refractivity contribution in [2.75, 3.05) is 0 Å². The van der Waals surface area contributed by atoms with Crippen LogP contribution < -0.4 is 11.0 Å². The topological polar surface area (TPSA) is 81.8 Å². The Bertz CT molecular complexity index is 1520. The average Bonchev–Trinajstić information content (AvgIpc) is 3.17. The monoisotopic (exact) mass is 521 g/mol. The first-order valence-electron chi connectivity index (χ1n) is 12.6. The molecule has 3 heterocycles. The molecule has 0 atom stereocenters. The fourth-order valence-electron chi connectivity index (χ4n) is 5.22. The number of carbonyl (C=O) groups excluding carboxylic acids is 1. The van der Waals surface area contributed by atoms with Gasteiger partial charge in [-0.2, -0.15) is 0 Å². The summed E-state index contributed by atoms with van der Waals surface area (Å²) in [7, 11) is 0. The van der Waals surface area contributed by atoms with Gasteiger partial charge in [0, 0.05) is 24.8 Å². The number of nitrogens with one attached hydrogen (secondary N) is 1. The van der Waals surface area contributed by atoms with Gasteiger partial charge in [0.15, 0.2) is 0 Å². The largest absolute Gasteiger partial charge is 0.349 e. The summed E-state index contributed by atoms with van der Waals surface area (Å²) in [6, 6.07) is 10.7. The molecular weight excluding hydrogens is 493 g/mol. The van der Waals surface area contributed by atoms with E-state index in [1.165, 1.54) is 16.8 Å². The summed E-state index contributed by atoms with van der Waals surface area (Å²) in [6.07, 6.45) is 6.99. The van der Waals surface area contributed by atoms with Crippen LogP contribution in [0, 0.1) is 18.7 Å². The third kappa shape index (κ3) is 5.03. The smallest absolute Gasteiger partial charge is 0.333 e. The van der Waals surface area contributed by atoms with Crippen molar-refractivity contribution in [2.24, 2.45) is 5.92 Å². The molecule has 192 valence electrons. The van der Waals surface area contributed by atoms with E-state index in [4.69, 9.17) is 11.6 Å². The zero-order valence-corrected chi connectivity index (χ0v) is 21.6. The number of carbonyl (C=O) groups is 1. The molecule has 1 amide bonds. The molecule has 1 aliphatic rings. The summed E-state index contributed by atoms with van der Waals surface area (Å²) in [4.78, 5) is 34.7. The van der Waals surface area contributed by atoms with Gasteiger partial charge in [0.25, 0.3) is 5.91 Å². The van der Waals surface area contributed by atoms with Crippen molar-refractivity contribution in [3.05, 3.63) is 87.1 Å². The number of benzene rings is 1. The number of pyridine rings is 2. The average molecular weight is 522 g/mol. The van der Waals surface area contributed by atoms with Crippen molar-refractivity contribution in [3.63, 3.8) is 0 Å². The van der Waals surface area contributed by atoms with E-state index in [1.807, 2.05) is 31.2 Å². The highest BCUT2D eigenvalue weighted by molar-refractivity contribution is 6.30. The van der Waals surface area contributed by atoms with Gasteiger partial charge in [-0.25, -0.2) is 9.18 Å². The quantitative estimate of drug-likeness (QED) is 0.376. The molecule has 0 aliphatic heterocycles. The van der Waals surface area contributed by atoms with Crippen LogP contribution in [0.25, 0.3) is 16.7 Å². The second-order valence-corrected chi connectivity index (χ2v) is 10.1. The van der Waals surface area contributed by atoms with E-state index >= 15 is 0 Å². The van der Waals surface area contributed by atoms with Gasteiger partial charge < -0.3 is 5.32 Å². The molecule has 0 spiro atoms. The molecule has 0 radical (unpaired) electrons. The molecule has 1 aliphatic carbocycles. The predicted octanol–water partition coefficient (Wildman–Crippen LogP) is 5.23. The van der Waals surface area contributed by atoms with E-state index in [0.29, 0.717) is 40.6 Å². The molecule has 0 bridgehead atoms. The van der Waals surface area contributed by atoms with Crippen LogP contribution in [0.3, 0.4) is 0 Å². The lowest BCUT2D eigenvalue weighted by atomic mass is 9.85. The Kier molecular flexibility index (Phi) is 7.11. The molecule has 1 fully saturated rings. The summed E-state index contributed by atoms with van der Waals surface area (Å²) in [5.74, 6) is -0.282. The van der Waals surface area contributed by atoms with Crippen LogP contribution in [-0.4, -0.2) is 31.1 Å². The van der Waals surface area contributed by atoms with Gasteiger partial charge >= 0.3 is 5.69 Å². The number of aromatic nitrogens is 4. The van der Waals surface area contributed by atoms with E-state index < -0.39 is 5.82 Å². The molecule has 1 N–H and O–H groups in total. The number of hydrogen-bond acceptors (Lipinski definition) is 4. The lowest BCUT2D eigenvalue weighted by molar-refractivity contribution is 0.0919. The number of amides is 1. The fourth-order valence-corrected chi connectivity index (χ4v) is 5.38. The first-order valence-corrected chi connectivity index (χ1v) is 13.0. The fraction of sp³-hybridized carbons (Fsp3) is 0.357. The summed E-state index contributed by atoms with van der Waals surface area (Å²) in [6.45, 7) is 4.20. The lowest BCUT2D eigenvalue weighted by Gasteiger charge is -2.29. The number of imidazole rings is 1. The Balaban J connectivity index is 1.32. The second-order valence-electron chi connectivity index (χ2n) is 9.67. The van der Waals surface area contributed by atoms with Gasteiger partial charge in [0.1, 0.15) is 5.82 Å². The number of para-hydroxylation sites is 2. The van der Waals surface area contributed by atoms with Crippen LogP contribution in [0.1, 0.15) is 54.4 Å². The molecule has 3 aromatic heterocycles. The van der Waals surface area contributed by atoms with E-state index in [2.05, 4.69) is 15.3 Å². The molecule has 0 saturated heterocycles. The number of halogens is 2. The normalized spacial score (nSPS) is 17.7. The van der Waals surface area contributed by atoms with E-state index in [-0.39, 0.29) is 23.6 Å². The Labute approximate surface area is 219 Å². The third-order valence-electron chi connectivity index (χ3n) is 7.25. The second kappa shape index (κ2) is 10.5. The first kappa shape index (κ1) is 25.1. The SMILES string of the molecule is CCc1ncc(-n2c(=O)n(CC3CCC(NC(=O)c4cc(Cl)cnc4C)CC3)c3ccccc32)cc1F. The van der Waals surface area contributed by atoms with Crippen molar-refractivity contribution in [2.45, 2.75) is 58.5 Å². The van der Waals surface area contributed by atoms with Gasteiger partial charge in [-0.3, -0.25) is 23.9 Å². The summed E-state index contributed by atoms with van der Waals surface area (Å²) < 4.78 is 17.8. The highest BCUT2D eigenvalue weighted by atomic mass is 35.5. The van der Waals surface area contributed by atoms with Gasteiger partial charge in [0.2, 0.25) is 0 Å². The number of hydrogen-bond donors (Lipinski definition) is 1. The van der Waals surface area contributed by atoms with Gasteiger partial charge in [-0.05, 0) is 63.1 Å². The van der Waals surface area contributed by atoms with Crippen molar-refractivity contribution in [1.29, 1.82) is 0 Å². The van der Waals surface area contributed by atoms with Crippen LogP contribution in [0.5, 0.6) is 0 Å². The molecule has 7 nitrogen and oxygen atoms in total. The maximum Gasteiger partial charge on any atom is 0.333 e. The minimum absolute atomic E-state index is 0.0614. The molecule has 1 aromatic carbocycles. The number of aryl methyl sites for hydroxylation is 2. The van der Waals surface area contributed by atoms with Gasteiger partial charge in [0.05, 0.1) is 44.9 Å². The summed E-state index contributed by atoms with van der Waals surface area (Å²) >= 11 is 6.02. The van der Waals surface area contributed by atoms with Gasteiger partial charge in [-0.1, -0.05) is 30.7 Å². The van der Waals surface area contributed by atoms with E-state index in [9.17, 15) is 14.0 Å². The molecule has 9 heteroatoms. The zero-order chi connectivity index (χ0) is 26.1. The minimum Gasteiger partial charge on any atom is -0.349 e. The minimum atomic E-state index is -0.409. The molecule has 1 saturated carbocycles. The Hall–Kier alpha value is -3.52. The summed E-state index contributed by atoms with van der Waals surface area (Å²) in [5.41, 5.74) is 3.28. The van der Waals surface area contributed by atoms with Crippen LogP contribution in [-0.2, 0) is 13.0 Å². The predicted molar refractivity (Wildman–Crippen MR) is 142 cm³/mol. The number of fused-ring (bicyclic) bond motifs is 1. The highest BCUT2D eigenvalue weighted by Crippen LogP contribution is 2.28. The lowest BCUT2D eigenvalue weighted by Crippen LogP contribution is -2.39. The number of rotatable bonds is 6. The molecule has 4 aromatic rings. The maximum atomic E-state index is 14.5. The van der Waals surface area contributed by atoms with Gasteiger partial charge in [-0.15, -0.1) is 0 Å². The maximum absolute atomic E-state index is 14.5. The Morgan fingerprint density at radius 3 is 2.54 bits per heavy atom. The zero-order valence-electron chi connectivity index (χ0n) is 20.9. The van der Waals surface area contributed by atoms with Crippen molar-refractivity contribution >= 4 is 28.5 Å². The number of nitrogens with zero attached hydrogens (tertiary/aromatic N) is 4. The van der Waals surface area contributed by atoms with Crippen molar-refractivity contribution in [3.8, 4) is 5.69 Å². The summed E-state index contributed by atoms with van der Waals surface area (Å²) in [5, 5.41) is 3.55. The Morgan fingerprint density at radius 2 is 1.84 bits per heavy atom. The Morgan fingerprint density at radius 1 is 1.11 bits per heavy atom. The van der Waals surface area contributed by atoms with Crippen LogP contribution in [0.15, 0.2) is 53.6 Å². The van der Waals surface area contributed by atoms with Crippen LogP contribution in [0.2, 0.25) is 5.02 Å². The third-order valence-corrected chi connectivity index (χ3v) is 7.46. The van der Waals surface area contributed by atoms with Crippen molar-refractivity contribution < 1.29 is 9.18 Å². The van der Waals surface area contributed by atoms with E-state index in [1.54, 1.807) is 23.8 Å².